The van der Waals surface area contributed by atoms with E-state index in [-0.39, 0.29) is 6.10 Å². The van der Waals surface area contributed by atoms with Gasteiger partial charge in [0, 0.05) is 7.11 Å². The maximum atomic E-state index is 11.4. The summed E-state index contributed by atoms with van der Waals surface area (Å²) < 4.78 is 14.3. The minimum Gasteiger partial charge on any atom is -0.305 e. The first-order valence-corrected chi connectivity index (χ1v) is 4.11. The average Bonchev–Trinajstić information content (AvgIpc) is 2.00. The molecule has 0 heterocycles. The fraction of sp³-hybridized carbons (Fsp3) is 1.00. The van der Waals surface area contributed by atoms with Gasteiger partial charge in [0.15, 0.2) is 0 Å². The Morgan fingerprint density at radius 1 is 1.42 bits per heavy atom. The molecule has 1 atom stereocenters. The predicted molar refractivity (Wildman–Crippen MR) is 42.9 cm³/mol. The Hall–Kier alpha value is -0.160. The highest BCUT2D eigenvalue weighted by Crippen LogP contribution is 2.13. The molecule has 0 bridgehead atoms. The lowest BCUT2D eigenvalue weighted by Gasteiger charge is -2.24. The van der Waals surface area contributed by atoms with Crippen molar-refractivity contribution in [2.75, 3.05) is 13.7 Å². The van der Waals surface area contributed by atoms with E-state index in [0.29, 0.717) is 6.61 Å². The first-order chi connectivity index (χ1) is 5.54. The number of ether oxygens (including phenoxy) is 3. The summed E-state index contributed by atoms with van der Waals surface area (Å²) in [4.78, 5) is 0. The van der Waals surface area contributed by atoms with Crippen LogP contribution in [-0.2, 0) is 19.3 Å². The second-order valence-corrected chi connectivity index (χ2v) is 2.72. The van der Waals surface area contributed by atoms with Gasteiger partial charge in [-0.1, -0.05) is 6.92 Å². The van der Waals surface area contributed by atoms with Crippen LogP contribution in [0.1, 0.15) is 27.2 Å². The third-order valence-corrected chi connectivity index (χ3v) is 1.11. The van der Waals surface area contributed by atoms with Gasteiger partial charge >= 0.3 is 6.16 Å². The van der Waals surface area contributed by atoms with E-state index in [1.165, 1.54) is 7.11 Å². The molecule has 0 aromatic carbocycles. The van der Waals surface area contributed by atoms with E-state index in [1.807, 2.05) is 6.92 Å². The molecule has 0 amide bonds. The smallest absolute Gasteiger partial charge is 0.305 e. The van der Waals surface area contributed by atoms with Crippen LogP contribution in [0.4, 0.5) is 0 Å². The summed E-state index contributed by atoms with van der Waals surface area (Å²) in [5, 5.41) is 11.4. The number of methoxy groups -OCH3 is 1. The molecule has 0 aliphatic heterocycles. The Morgan fingerprint density at radius 3 is 2.33 bits per heavy atom. The Balaban J connectivity index is 3.86. The van der Waals surface area contributed by atoms with E-state index in [4.69, 9.17) is 9.47 Å². The first kappa shape index (κ1) is 11.8. The first-order valence-electron chi connectivity index (χ1n) is 4.11. The van der Waals surface area contributed by atoms with Crippen molar-refractivity contribution in [1.29, 1.82) is 0 Å². The molecule has 0 fully saturated rings. The van der Waals surface area contributed by atoms with Crippen molar-refractivity contribution < 1.29 is 19.3 Å². The monoisotopic (exact) mass is 177 g/mol. The normalized spacial score (nSPS) is 16.5. The molecule has 0 aliphatic carbocycles. The lowest BCUT2D eigenvalue weighted by molar-refractivity contribution is -0.508. The van der Waals surface area contributed by atoms with Gasteiger partial charge in [0.25, 0.3) is 0 Å². The van der Waals surface area contributed by atoms with Gasteiger partial charge in [-0.05, 0) is 20.3 Å². The second-order valence-electron chi connectivity index (χ2n) is 2.72. The maximum absolute atomic E-state index is 11.4. The van der Waals surface area contributed by atoms with E-state index in [0.717, 1.165) is 6.42 Å². The van der Waals surface area contributed by atoms with Gasteiger partial charge in [0.1, 0.15) is 0 Å². The lowest BCUT2D eigenvalue weighted by Crippen LogP contribution is -2.38. The summed E-state index contributed by atoms with van der Waals surface area (Å²) >= 11 is 0. The van der Waals surface area contributed by atoms with Crippen molar-refractivity contribution in [3.05, 3.63) is 0 Å². The zero-order valence-corrected chi connectivity index (χ0v) is 8.12. The predicted octanol–water partition coefficient (Wildman–Crippen LogP) is 1.53. The molecule has 73 valence electrons. The third-order valence-electron chi connectivity index (χ3n) is 1.11. The SMILES string of the molecule is CCCOC([O])(OC)OC(C)C. The maximum Gasteiger partial charge on any atom is 0.439 e. The van der Waals surface area contributed by atoms with Crippen LogP contribution in [0, 0.1) is 0 Å². The largest absolute Gasteiger partial charge is 0.439 e. The third kappa shape index (κ3) is 4.66. The summed E-state index contributed by atoms with van der Waals surface area (Å²) in [5.41, 5.74) is 0. The van der Waals surface area contributed by atoms with Gasteiger partial charge in [-0.15, -0.1) is 5.11 Å². The molecule has 0 aromatic heterocycles. The zero-order valence-electron chi connectivity index (χ0n) is 8.12. The van der Waals surface area contributed by atoms with Crippen LogP contribution < -0.4 is 0 Å². The molecule has 12 heavy (non-hydrogen) atoms. The fourth-order valence-electron chi connectivity index (χ4n) is 0.657. The highest BCUT2D eigenvalue weighted by molar-refractivity contribution is 4.41. The topological polar surface area (TPSA) is 47.6 Å². The van der Waals surface area contributed by atoms with E-state index < -0.39 is 6.16 Å². The van der Waals surface area contributed by atoms with Crippen LogP contribution in [0.25, 0.3) is 0 Å². The standard InChI is InChI=1S/C8H17O4/c1-5-6-11-8(9,10-4)12-7(2)3/h7H,5-6H2,1-4H3. The Labute approximate surface area is 73.4 Å². The van der Waals surface area contributed by atoms with Crippen molar-refractivity contribution in [3.8, 4) is 0 Å². The number of hydrogen-bond acceptors (Lipinski definition) is 3. The van der Waals surface area contributed by atoms with Gasteiger partial charge in [-0.25, -0.2) is 0 Å². The molecule has 4 heteroatoms. The van der Waals surface area contributed by atoms with Gasteiger partial charge in [-0.3, -0.25) is 4.74 Å². The summed E-state index contributed by atoms with van der Waals surface area (Å²) in [5.74, 6) is 0. The highest BCUT2D eigenvalue weighted by Gasteiger charge is 2.32. The Morgan fingerprint density at radius 2 is 2.00 bits per heavy atom. The molecule has 0 aliphatic rings. The van der Waals surface area contributed by atoms with Crippen LogP contribution >= 0.6 is 0 Å². The lowest BCUT2D eigenvalue weighted by atomic mass is 10.5. The highest BCUT2D eigenvalue weighted by atomic mass is 17.0. The quantitative estimate of drug-likeness (QED) is 0.578. The van der Waals surface area contributed by atoms with Crippen LogP contribution in [0.15, 0.2) is 0 Å². The van der Waals surface area contributed by atoms with E-state index in [2.05, 4.69) is 4.74 Å². The minimum atomic E-state index is -2.13. The van der Waals surface area contributed by atoms with E-state index in [1.54, 1.807) is 13.8 Å². The molecule has 0 saturated carbocycles. The fourth-order valence-corrected chi connectivity index (χ4v) is 0.657. The average molecular weight is 177 g/mol. The summed E-state index contributed by atoms with van der Waals surface area (Å²) in [7, 11) is 1.27. The minimum absolute atomic E-state index is 0.209. The second kappa shape index (κ2) is 5.48. The summed E-state index contributed by atoms with van der Waals surface area (Å²) in [6.07, 6.45) is -1.58. The van der Waals surface area contributed by atoms with Crippen molar-refractivity contribution in [1.82, 2.24) is 0 Å². The molecule has 1 radical (unpaired) electrons. The van der Waals surface area contributed by atoms with Crippen molar-refractivity contribution in [3.63, 3.8) is 0 Å². The molecule has 0 spiro atoms. The van der Waals surface area contributed by atoms with Crippen molar-refractivity contribution >= 4 is 0 Å². The molecular formula is C8H17O4. The molecule has 0 rings (SSSR count). The van der Waals surface area contributed by atoms with Gasteiger partial charge in [0.05, 0.1) is 12.7 Å². The number of rotatable bonds is 6. The van der Waals surface area contributed by atoms with Crippen LogP contribution in [-0.4, -0.2) is 26.0 Å². The molecule has 4 nitrogen and oxygen atoms in total. The molecular weight excluding hydrogens is 160 g/mol. The summed E-state index contributed by atoms with van der Waals surface area (Å²) in [6, 6.07) is 0. The van der Waals surface area contributed by atoms with Gasteiger partial charge in [-0.2, -0.15) is 0 Å². The van der Waals surface area contributed by atoms with E-state index >= 15 is 0 Å². The van der Waals surface area contributed by atoms with E-state index in [9.17, 15) is 5.11 Å². The van der Waals surface area contributed by atoms with Gasteiger partial charge in [0.2, 0.25) is 0 Å². The summed E-state index contributed by atoms with van der Waals surface area (Å²) in [6.45, 7) is 5.75. The number of hydrogen-bond donors (Lipinski definition) is 0. The molecule has 1 unspecified atom stereocenters. The Bertz CT molecular complexity index is 116. The Kier molecular flexibility index (Phi) is 5.41. The molecule has 0 N–H and O–H groups in total. The zero-order chi connectivity index (χ0) is 9.61. The van der Waals surface area contributed by atoms with Crippen LogP contribution in [0.2, 0.25) is 0 Å². The molecule has 0 saturated heterocycles. The van der Waals surface area contributed by atoms with Crippen LogP contribution in [0.3, 0.4) is 0 Å². The van der Waals surface area contributed by atoms with Crippen molar-refractivity contribution in [2.24, 2.45) is 0 Å². The van der Waals surface area contributed by atoms with Gasteiger partial charge < -0.3 is 9.47 Å². The molecule has 0 aromatic rings. The van der Waals surface area contributed by atoms with Crippen molar-refractivity contribution in [2.45, 2.75) is 39.5 Å². The van der Waals surface area contributed by atoms with Crippen LogP contribution in [0.5, 0.6) is 0 Å².